The van der Waals surface area contributed by atoms with Crippen LogP contribution in [0.4, 0.5) is 0 Å². The number of hydrogen-bond acceptors (Lipinski definition) is 6. The van der Waals surface area contributed by atoms with Crippen molar-refractivity contribution in [1.29, 1.82) is 0 Å². The molecule has 1 aromatic carbocycles. The van der Waals surface area contributed by atoms with Gasteiger partial charge in [-0.15, -0.1) is 10.2 Å². The number of para-hydroxylation sites is 1. The molecule has 0 spiro atoms. The van der Waals surface area contributed by atoms with Crippen LogP contribution in [-0.2, 0) is 11.3 Å². The van der Waals surface area contributed by atoms with E-state index in [0.29, 0.717) is 49.3 Å². The molecule has 0 saturated heterocycles. The van der Waals surface area contributed by atoms with Crippen molar-refractivity contribution >= 4 is 5.91 Å². The summed E-state index contributed by atoms with van der Waals surface area (Å²) in [4.78, 5) is 12.6. The van der Waals surface area contributed by atoms with E-state index in [1.54, 1.807) is 31.6 Å². The van der Waals surface area contributed by atoms with E-state index in [1.165, 1.54) is 0 Å². The number of amides is 1. The summed E-state index contributed by atoms with van der Waals surface area (Å²) in [5, 5.41) is 10.9. The number of ether oxygens (including phenoxy) is 3. The molecule has 1 N–H and O–H groups in total. The highest BCUT2D eigenvalue weighted by atomic mass is 16.6. The van der Waals surface area contributed by atoms with E-state index in [9.17, 15) is 4.79 Å². The van der Waals surface area contributed by atoms with Gasteiger partial charge in [-0.05, 0) is 19.1 Å². The minimum atomic E-state index is -0.308. The zero-order valence-corrected chi connectivity index (χ0v) is 13.7. The van der Waals surface area contributed by atoms with Gasteiger partial charge < -0.3 is 24.1 Å². The molecule has 1 amide bonds. The molecule has 3 rings (SSSR count). The van der Waals surface area contributed by atoms with Crippen LogP contribution < -0.4 is 14.8 Å². The number of nitrogens with one attached hydrogen (secondary N) is 1. The molecule has 0 saturated carbocycles. The number of methoxy groups -OCH3 is 1. The van der Waals surface area contributed by atoms with Gasteiger partial charge in [-0.2, -0.15) is 0 Å². The van der Waals surface area contributed by atoms with Crippen molar-refractivity contribution in [3.63, 3.8) is 0 Å². The van der Waals surface area contributed by atoms with E-state index in [0.717, 1.165) is 0 Å². The number of aromatic nitrogens is 3. The Kier molecular flexibility index (Phi) is 4.95. The molecule has 8 nitrogen and oxygen atoms in total. The highest BCUT2D eigenvalue weighted by Crippen LogP contribution is 2.33. The summed E-state index contributed by atoms with van der Waals surface area (Å²) in [7, 11) is 1.63. The van der Waals surface area contributed by atoms with Gasteiger partial charge in [0.2, 0.25) is 0 Å². The number of rotatable bonds is 6. The lowest BCUT2D eigenvalue weighted by molar-refractivity contribution is 0.0926. The van der Waals surface area contributed by atoms with Gasteiger partial charge in [0.1, 0.15) is 19.5 Å². The fourth-order valence-electron chi connectivity index (χ4n) is 2.55. The summed E-state index contributed by atoms with van der Waals surface area (Å²) in [5.41, 5.74) is 0.446. The predicted octanol–water partition coefficient (Wildman–Crippen LogP) is 1.19. The Morgan fingerprint density at radius 1 is 1.42 bits per heavy atom. The monoisotopic (exact) mass is 332 g/mol. The number of fused-ring (bicyclic) bond motifs is 1. The first kappa shape index (κ1) is 16.3. The maximum Gasteiger partial charge on any atom is 0.255 e. The normalized spacial score (nSPS) is 14.2. The van der Waals surface area contributed by atoms with Crippen molar-refractivity contribution in [3.05, 3.63) is 35.9 Å². The Labute approximate surface area is 139 Å². The van der Waals surface area contributed by atoms with Crippen molar-refractivity contribution in [1.82, 2.24) is 20.1 Å². The number of hydrogen-bond donors (Lipinski definition) is 1. The van der Waals surface area contributed by atoms with Gasteiger partial charge in [0, 0.05) is 13.7 Å². The van der Waals surface area contributed by atoms with Gasteiger partial charge in [0.15, 0.2) is 17.3 Å². The Balaban J connectivity index is 1.74. The van der Waals surface area contributed by atoms with Crippen LogP contribution >= 0.6 is 0 Å². The fraction of sp³-hybridized carbons (Fsp3) is 0.438. The van der Waals surface area contributed by atoms with Crippen LogP contribution in [0, 0.1) is 0 Å². The lowest BCUT2D eigenvalue weighted by Crippen LogP contribution is -2.30. The lowest BCUT2D eigenvalue weighted by atomic mass is 10.1. The number of carbonyl (C=O) groups is 1. The van der Waals surface area contributed by atoms with Crippen LogP contribution in [-0.4, -0.2) is 47.6 Å². The highest BCUT2D eigenvalue weighted by Gasteiger charge is 2.23. The molecule has 0 radical (unpaired) electrons. The fourth-order valence-corrected chi connectivity index (χ4v) is 2.55. The number of nitrogens with zero attached hydrogens (tertiary/aromatic N) is 3. The molecule has 0 aliphatic carbocycles. The van der Waals surface area contributed by atoms with Gasteiger partial charge in [-0.3, -0.25) is 4.79 Å². The Morgan fingerprint density at radius 3 is 3.08 bits per heavy atom. The Hall–Kier alpha value is -2.61. The first-order valence-corrected chi connectivity index (χ1v) is 7.77. The van der Waals surface area contributed by atoms with Gasteiger partial charge in [-0.1, -0.05) is 6.07 Å². The topological polar surface area (TPSA) is 87.5 Å². The summed E-state index contributed by atoms with van der Waals surface area (Å²) in [6.07, 6.45) is 1.62. The van der Waals surface area contributed by atoms with Crippen LogP contribution in [0.2, 0.25) is 0 Å². The third kappa shape index (κ3) is 3.33. The average Bonchev–Trinajstić information content (AvgIpc) is 3.08. The van der Waals surface area contributed by atoms with E-state index in [-0.39, 0.29) is 11.9 Å². The Bertz CT molecular complexity index is 716. The third-order valence-corrected chi connectivity index (χ3v) is 3.73. The van der Waals surface area contributed by atoms with Gasteiger partial charge in [0.05, 0.1) is 18.2 Å². The molecule has 1 atom stereocenters. The second-order valence-corrected chi connectivity index (χ2v) is 5.40. The number of carbonyl (C=O) groups excluding carboxylic acids is 1. The summed E-state index contributed by atoms with van der Waals surface area (Å²) < 4.78 is 18.0. The second kappa shape index (κ2) is 7.31. The molecule has 0 fully saturated rings. The van der Waals surface area contributed by atoms with E-state index in [4.69, 9.17) is 14.2 Å². The van der Waals surface area contributed by atoms with E-state index in [2.05, 4.69) is 15.5 Å². The zero-order valence-electron chi connectivity index (χ0n) is 13.7. The summed E-state index contributed by atoms with van der Waals surface area (Å²) in [6.45, 7) is 3.94. The SMILES string of the molecule is COCCn1cnnc1C(C)NC(=O)c1cccc2c1OCCO2. The predicted molar refractivity (Wildman–Crippen MR) is 85.2 cm³/mol. The van der Waals surface area contributed by atoms with Gasteiger partial charge in [-0.25, -0.2) is 0 Å². The van der Waals surface area contributed by atoms with Crippen LogP contribution in [0.15, 0.2) is 24.5 Å². The summed E-state index contributed by atoms with van der Waals surface area (Å²) in [5.74, 6) is 1.49. The minimum Gasteiger partial charge on any atom is -0.486 e. The minimum absolute atomic E-state index is 0.244. The van der Waals surface area contributed by atoms with Crippen molar-refractivity contribution in [2.24, 2.45) is 0 Å². The van der Waals surface area contributed by atoms with Gasteiger partial charge >= 0.3 is 0 Å². The quantitative estimate of drug-likeness (QED) is 0.855. The van der Waals surface area contributed by atoms with E-state index >= 15 is 0 Å². The molecule has 0 bridgehead atoms. The third-order valence-electron chi connectivity index (χ3n) is 3.73. The maximum absolute atomic E-state index is 12.6. The first-order valence-electron chi connectivity index (χ1n) is 7.77. The smallest absolute Gasteiger partial charge is 0.255 e. The van der Waals surface area contributed by atoms with Crippen molar-refractivity contribution < 1.29 is 19.0 Å². The largest absolute Gasteiger partial charge is 0.486 e. The molecule has 2 aromatic rings. The second-order valence-electron chi connectivity index (χ2n) is 5.40. The summed E-state index contributed by atoms with van der Waals surface area (Å²) in [6, 6.07) is 4.97. The molecule has 8 heteroatoms. The van der Waals surface area contributed by atoms with Crippen molar-refractivity contribution in [3.8, 4) is 11.5 Å². The van der Waals surface area contributed by atoms with E-state index < -0.39 is 0 Å². The van der Waals surface area contributed by atoms with Crippen LogP contribution in [0.1, 0.15) is 29.1 Å². The maximum atomic E-state index is 12.6. The zero-order chi connectivity index (χ0) is 16.9. The molecule has 1 aromatic heterocycles. The highest BCUT2D eigenvalue weighted by molar-refractivity contribution is 5.98. The Morgan fingerprint density at radius 2 is 2.25 bits per heavy atom. The van der Waals surface area contributed by atoms with Crippen LogP contribution in [0.3, 0.4) is 0 Å². The molecular formula is C16H20N4O4. The summed E-state index contributed by atoms with van der Waals surface area (Å²) >= 11 is 0. The molecule has 24 heavy (non-hydrogen) atoms. The molecule has 1 aliphatic heterocycles. The van der Waals surface area contributed by atoms with E-state index in [1.807, 2.05) is 11.5 Å². The molecule has 1 unspecified atom stereocenters. The van der Waals surface area contributed by atoms with Crippen LogP contribution in [0.25, 0.3) is 0 Å². The number of benzene rings is 1. The average molecular weight is 332 g/mol. The molecular weight excluding hydrogens is 312 g/mol. The van der Waals surface area contributed by atoms with Crippen molar-refractivity contribution in [2.75, 3.05) is 26.9 Å². The molecule has 1 aliphatic rings. The molecule has 128 valence electrons. The first-order chi connectivity index (χ1) is 11.7. The standard InChI is InChI=1S/C16H20N4O4/c1-11(15-19-17-10-20(15)6-7-22-2)18-16(21)12-4-3-5-13-14(12)24-9-8-23-13/h3-5,10-11H,6-9H2,1-2H3,(H,18,21). The van der Waals surface area contributed by atoms with Crippen LogP contribution in [0.5, 0.6) is 11.5 Å². The lowest BCUT2D eigenvalue weighted by Gasteiger charge is -2.21. The van der Waals surface area contributed by atoms with Gasteiger partial charge in [0.25, 0.3) is 5.91 Å². The molecule has 2 heterocycles. The van der Waals surface area contributed by atoms with Crippen molar-refractivity contribution in [2.45, 2.75) is 19.5 Å².